The van der Waals surface area contributed by atoms with Crippen LogP contribution in [0.25, 0.3) is 6.08 Å². The SMILES string of the molecule is NC(=O)[C@@]1(C/C=C/c2ccccc2)COC(c2ccc(OCCCO)cc2)=N1. The largest absolute Gasteiger partial charge is 0.494 e. The van der Waals surface area contributed by atoms with Crippen LogP contribution in [0, 0.1) is 0 Å². The molecule has 28 heavy (non-hydrogen) atoms. The number of nitrogens with zero attached hydrogens (tertiary/aromatic N) is 1. The molecular weight excluding hydrogens is 356 g/mol. The third-order valence-corrected chi connectivity index (χ3v) is 4.46. The van der Waals surface area contributed by atoms with E-state index in [0.29, 0.717) is 31.1 Å². The Bertz CT molecular complexity index is 847. The first kappa shape index (κ1) is 19.6. The van der Waals surface area contributed by atoms with Gasteiger partial charge in [-0.05, 0) is 29.8 Å². The van der Waals surface area contributed by atoms with Crippen LogP contribution in [0.1, 0.15) is 24.0 Å². The van der Waals surface area contributed by atoms with Gasteiger partial charge in [0.25, 0.3) is 0 Å². The molecule has 0 saturated heterocycles. The maximum Gasteiger partial charge on any atom is 0.249 e. The molecule has 1 aliphatic heterocycles. The summed E-state index contributed by atoms with van der Waals surface area (Å²) < 4.78 is 11.2. The summed E-state index contributed by atoms with van der Waals surface area (Å²) in [7, 11) is 0. The molecule has 0 unspecified atom stereocenters. The fourth-order valence-electron chi connectivity index (χ4n) is 2.83. The van der Waals surface area contributed by atoms with Crippen LogP contribution in [0.2, 0.25) is 0 Å². The monoisotopic (exact) mass is 380 g/mol. The van der Waals surface area contributed by atoms with Crippen LogP contribution in [-0.4, -0.2) is 42.3 Å². The molecule has 0 aliphatic carbocycles. The van der Waals surface area contributed by atoms with E-state index in [1.807, 2.05) is 54.6 Å². The van der Waals surface area contributed by atoms with Crippen molar-refractivity contribution in [1.29, 1.82) is 0 Å². The summed E-state index contributed by atoms with van der Waals surface area (Å²) in [5, 5.41) is 8.80. The molecular formula is C22H24N2O4. The van der Waals surface area contributed by atoms with Gasteiger partial charge >= 0.3 is 0 Å². The second-order valence-electron chi connectivity index (χ2n) is 6.57. The Morgan fingerprint density at radius 2 is 1.96 bits per heavy atom. The molecule has 1 atom stereocenters. The summed E-state index contributed by atoms with van der Waals surface area (Å²) in [5.41, 5.74) is 6.34. The predicted molar refractivity (Wildman–Crippen MR) is 108 cm³/mol. The van der Waals surface area contributed by atoms with Gasteiger partial charge in [-0.3, -0.25) is 4.79 Å². The second kappa shape index (κ2) is 9.19. The third kappa shape index (κ3) is 4.78. The van der Waals surface area contributed by atoms with Crippen LogP contribution < -0.4 is 10.5 Å². The second-order valence-corrected chi connectivity index (χ2v) is 6.57. The highest BCUT2D eigenvalue weighted by Gasteiger charge is 2.41. The van der Waals surface area contributed by atoms with Crippen LogP contribution in [0.5, 0.6) is 5.75 Å². The Balaban J connectivity index is 1.71. The fourth-order valence-corrected chi connectivity index (χ4v) is 2.83. The van der Waals surface area contributed by atoms with Crippen molar-refractivity contribution in [3.8, 4) is 5.75 Å². The van der Waals surface area contributed by atoms with E-state index >= 15 is 0 Å². The van der Waals surface area contributed by atoms with Crippen LogP contribution in [0.4, 0.5) is 0 Å². The van der Waals surface area contributed by atoms with E-state index in [1.165, 1.54) is 0 Å². The number of nitrogens with two attached hydrogens (primary N) is 1. The van der Waals surface area contributed by atoms with E-state index in [0.717, 1.165) is 11.1 Å². The maximum atomic E-state index is 12.1. The number of aliphatic hydroxyl groups is 1. The lowest BCUT2D eigenvalue weighted by atomic mass is 9.96. The van der Waals surface area contributed by atoms with Crippen molar-refractivity contribution < 1.29 is 19.4 Å². The summed E-state index contributed by atoms with van der Waals surface area (Å²) >= 11 is 0. The van der Waals surface area contributed by atoms with Gasteiger partial charge in [0.15, 0.2) is 5.54 Å². The first-order chi connectivity index (χ1) is 13.6. The summed E-state index contributed by atoms with van der Waals surface area (Å²) in [5.74, 6) is 0.584. The third-order valence-electron chi connectivity index (χ3n) is 4.46. The zero-order chi connectivity index (χ0) is 19.8. The minimum absolute atomic E-state index is 0.0939. The van der Waals surface area contributed by atoms with E-state index < -0.39 is 11.4 Å². The van der Waals surface area contributed by atoms with Crippen molar-refractivity contribution in [1.82, 2.24) is 0 Å². The van der Waals surface area contributed by atoms with E-state index in [1.54, 1.807) is 12.1 Å². The molecule has 0 bridgehead atoms. The number of aliphatic imine (C=N–C) groups is 1. The van der Waals surface area contributed by atoms with E-state index in [-0.39, 0.29) is 13.2 Å². The molecule has 0 radical (unpaired) electrons. The zero-order valence-corrected chi connectivity index (χ0v) is 15.6. The number of benzene rings is 2. The number of hydrogen-bond acceptors (Lipinski definition) is 5. The smallest absolute Gasteiger partial charge is 0.249 e. The van der Waals surface area contributed by atoms with Crippen molar-refractivity contribution in [3.05, 3.63) is 71.8 Å². The summed E-state index contributed by atoms with van der Waals surface area (Å²) in [6.07, 6.45) is 4.78. The van der Waals surface area contributed by atoms with E-state index in [9.17, 15) is 4.79 Å². The predicted octanol–water partition coefficient (Wildman–Crippen LogP) is 2.55. The first-order valence-corrected chi connectivity index (χ1v) is 9.21. The molecule has 0 spiro atoms. The van der Waals surface area contributed by atoms with E-state index in [4.69, 9.17) is 20.3 Å². The van der Waals surface area contributed by atoms with Crippen molar-refractivity contribution >= 4 is 17.9 Å². The van der Waals surface area contributed by atoms with Gasteiger partial charge in [-0.2, -0.15) is 0 Å². The number of aliphatic hydroxyl groups excluding tert-OH is 1. The fraction of sp³-hybridized carbons (Fsp3) is 0.273. The molecule has 2 aromatic rings. The summed E-state index contributed by atoms with van der Waals surface area (Å²) in [6.45, 7) is 0.661. The molecule has 1 heterocycles. The molecule has 0 saturated carbocycles. The van der Waals surface area contributed by atoms with Gasteiger partial charge < -0.3 is 20.3 Å². The lowest BCUT2D eigenvalue weighted by Gasteiger charge is -2.17. The molecule has 3 N–H and O–H groups in total. The average molecular weight is 380 g/mol. The summed E-state index contributed by atoms with van der Waals surface area (Å²) in [6, 6.07) is 17.1. The van der Waals surface area contributed by atoms with E-state index in [2.05, 4.69) is 4.99 Å². The van der Waals surface area contributed by atoms with Gasteiger partial charge in [-0.25, -0.2) is 4.99 Å². The number of primary amides is 1. The Kier molecular flexibility index (Phi) is 6.45. The number of ether oxygens (including phenoxy) is 2. The normalized spacial score (nSPS) is 18.7. The zero-order valence-electron chi connectivity index (χ0n) is 15.6. The van der Waals surface area contributed by atoms with Gasteiger partial charge in [0, 0.05) is 25.0 Å². The molecule has 1 amide bonds. The van der Waals surface area contributed by atoms with Gasteiger partial charge in [-0.1, -0.05) is 42.5 Å². The molecule has 0 fully saturated rings. The van der Waals surface area contributed by atoms with Crippen LogP contribution in [0.3, 0.4) is 0 Å². The Morgan fingerprint density at radius 3 is 2.64 bits per heavy atom. The Labute approximate surface area is 164 Å². The van der Waals surface area contributed by atoms with Crippen molar-refractivity contribution in [2.24, 2.45) is 10.7 Å². The maximum absolute atomic E-state index is 12.1. The lowest BCUT2D eigenvalue weighted by molar-refractivity contribution is -0.123. The molecule has 2 aromatic carbocycles. The molecule has 146 valence electrons. The highest BCUT2D eigenvalue weighted by molar-refractivity contribution is 6.00. The molecule has 6 heteroatoms. The first-order valence-electron chi connectivity index (χ1n) is 9.21. The Morgan fingerprint density at radius 1 is 1.21 bits per heavy atom. The van der Waals surface area contributed by atoms with Gasteiger partial charge in [0.2, 0.25) is 11.8 Å². The topological polar surface area (TPSA) is 94.1 Å². The quantitative estimate of drug-likeness (QED) is 0.654. The average Bonchev–Trinajstić information content (AvgIpc) is 3.15. The van der Waals surface area contributed by atoms with Gasteiger partial charge in [0.1, 0.15) is 12.4 Å². The van der Waals surface area contributed by atoms with Gasteiger partial charge in [0.05, 0.1) is 6.61 Å². The number of carbonyl (C=O) groups excluding carboxylic acids is 1. The molecule has 0 aromatic heterocycles. The number of rotatable bonds is 9. The number of hydrogen-bond donors (Lipinski definition) is 2. The van der Waals surface area contributed by atoms with Crippen LogP contribution >= 0.6 is 0 Å². The van der Waals surface area contributed by atoms with Crippen molar-refractivity contribution in [3.63, 3.8) is 0 Å². The summed E-state index contributed by atoms with van der Waals surface area (Å²) in [4.78, 5) is 16.6. The van der Waals surface area contributed by atoms with Crippen molar-refractivity contribution in [2.75, 3.05) is 19.8 Å². The molecule has 1 aliphatic rings. The standard InChI is InChI=1S/C22H24N2O4/c23-21(26)22(13-4-8-17-6-2-1-3-7-17)16-28-20(24-22)18-9-11-19(12-10-18)27-15-5-14-25/h1-4,6-12,25H,5,13-16H2,(H2,23,26)/b8-4+/t22-/m1/s1. The minimum Gasteiger partial charge on any atom is -0.494 e. The highest BCUT2D eigenvalue weighted by Crippen LogP contribution is 2.27. The minimum atomic E-state index is -1.10. The number of carbonyl (C=O) groups is 1. The lowest BCUT2D eigenvalue weighted by Crippen LogP contribution is -2.43. The van der Waals surface area contributed by atoms with Crippen LogP contribution in [-0.2, 0) is 9.53 Å². The highest BCUT2D eigenvalue weighted by atomic mass is 16.5. The molecule has 3 rings (SSSR count). The van der Waals surface area contributed by atoms with Gasteiger partial charge in [-0.15, -0.1) is 0 Å². The number of amides is 1. The molecule has 6 nitrogen and oxygen atoms in total. The van der Waals surface area contributed by atoms with Crippen LogP contribution in [0.15, 0.2) is 65.7 Å². The van der Waals surface area contributed by atoms with Crippen molar-refractivity contribution in [2.45, 2.75) is 18.4 Å². The Hall–Kier alpha value is -3.12.